The predicted octanol–water partition coefficient (Wildman–Crippen LogP) is 5.81. The largest absolute Gasteiger partial charge is 0.328 e. The molecule has 8 nitrogen and oxygen atoms in total. The Balaban J connectivity index is 0.00000126. The maximum absolute atomic E-state index is 4.72. The number of hydrogen-bond acceptors (Lipinski definition) is 7. The van der Waals surface area contributed by atoms with Gasteiger partial charge in [0.15, 0.2) is 11.5 Å². The third-order valence-corrected chi connectivity index (χ3v) is 6.87. The minimum atomic E-state index is 0.624. The molecule has 4 aromatic rings. The van der Waals surface area contributed by atoms with Gasteiger partial charge in [0.05, 0.1) is 29.5 Å². The highest BCUT2D eigenvalue weighted by Gasteiger charge is 2.30. The van der Waals surface area contributed by atoms with Gasteiger partial charge in [-0.3, -0.25) is 14.4 Å². The first-order chi connectivity index (χ1) is 16.1. The minimum Gasteiger partial charge on any atom is -0.328 e. The molecular formula is C24H34N8S. The van der Waals surface area contributed by atoms with Crippen LogP contribution in [0.3, 0.4) is 0 Å². The van der Waals surface area contributed by atoms with E-state index in [1.165, 1.54) is 37.2 Å². The van der Waals surface area contributed by atoms with Gasteiger partial charge in [0.2, 0.25) is 0 Å². The Morgan fingerprint density at radius 3 is 2.85 bits per heavy atom. The van der Waals surface area contributed by atoms with Crippen molar-refractivity contribution in [1.29, 1.82) is 0 Å². The van der Waals surface area contributed by atoms with Gasteiger partial charge >= 0.3 is 0 Å². The molecule has 1 aliphatic rings. The van der Waals surface area contributed by atoms with Crippen LogP contribution in [-0.4, -0.2) is 45.9 Å². The molecule has 2 atom stereocenters. The zero-order valence-corrected chi connectivity index (χ0v) is 21.0. The van der Waals surface area contributed by atoms with Crippen LogP contribution in [-0.2, 0) is 6.54 Å². The lowest BCUT2D eigenvalue weighted by Crippen LogP contribution is -2.33. The van der Waals surface area contributed by atoms with Gasteiger partial charge in [-0.25, -0.2) is 9.97 Å². The summed E-state index contributed by atoms with van der Waals surface area (Å²) < 4.78 is 6.78. The number of imidazole rings is 1. The fraction of sp³-hybridized carbons (Fsp3) is 0.500. The number of H-pyrrole nitrogens is 1. The van der Waals surface area contributed by atoms with E-state index in [0.717, 1.165) is 45.7 Å². The first kappa shape index (κ1) is 23.4. The maximum atomic E-state index is 4.72. The topological polar surface area (TPSA) is 87.0 Å². The third-order valence-electron chi connectivity index (χ3n) is 6.13. The zero-order chi connectivity index (χ0) is 23.4. The van der Waals surface area contributed by atoms with Gasteiger partial charge in [-0.2, -0.15) is 9.47 Å². The standard InChI is InChI=1S/C22H28N8S.C2H6/c1-4-5-18-7-6-15(3)29(18)13-17-8-20(31-28-17)27-21-22-23-11-19(16-9-24-25-10-16)30(22)12-14(2)26-21;1-2/h8-12,15,18H,4-7,13H2,1-3H3,(H,24,25)(H,26,27);1-2H3. The van der Waals surface area contributed by atoms with Crippen LogP contribution in [0.1, 0.15) is 64.8 Å². The smallest absolute Gasteiger partial charge is 0.180 e. The average molecular weight is 467 g/mol. The van der Waals surface area contributed by atoms with E-state index in [9.17, 15) is 0 Å². The molecular weight excluding hydrogens is 432 g/mol. The van der Waals surface area contributed by atoms with Crippen LogP contribution in [0.2, 0.25) is 0 Å². The molecule has 0 spiro atoms. The first-order valence-electron chi connectivity index (χ1n) is 11.9. The normalized spacial score (nSPS) is 18.5. The van der Waals surface area contributed by atoms with Crippen molar-refractivity contribution in [3.05, 3.63) is 42.2 Å². The molecule has 5 rings (SSSR count). The van der Waals surface area contributed by atoms with Crippen molar-refractivity contribution in [1.82, 2.24) is 33.8 Å². The molecule has 2 N–H and O–H groups in total. The van der Waals surface area contributed by atoms with E-state index in [1.54, 1.807) is 6.20 Å². The Morgan fingerprint density at radius 1 is 1.24 bits per heavy atom. The minimum absolute atomic E-state index is 0.624. The Morgan fingerprint density at radius 2 is 2.09 bits per heavy atom. The van der Waals surface area contributed by atoms with Gasteiger partial charge in [0, 0.05) is 36.6 Å². The Bertz CT molecular complexity index is 1160. The maximum Gasteiger partial charge on any atom is 0.180 e. The summed E-state index contributed by atoms with van der Waals surface area (Å²) in [5.41, 5.74) is 4.79. The molecule has 1 fully saturated rings. The summed E-state index contributed by atoms with van der Waals surface area (Å²) in [7, 11) is 0. The van der Waals surface area contributed by atoms with Gasteiger partial charge in [-0.1, -0.05) is 27.2 Å². The molecule has 1 saturated heterocycles. The molecule has 0 bridgehead atoms. The quantitative estimate of drug-likeness (QED) is 0.357. The summed E-state index contributed by atoms with van der Waals surface area (Å²) in [4.78, 5) is 11.9. The number of likely N-dealkylation sites (tertiary alicyclic amines) is 1. The molecule has 2 unspecified atom stereocenters. The number of aromatic nitrogens is 6. The second kappa shape index (κ2) is 10.4. The number of nitrogens with one attached hydrogen (secondary N) is 2. The van der Waals surface area contributed by atoms with Crippen LogP contribution in [0.4, 0.5) is 10.8 Å². The van der Waals surface area contributed by atoms with Crippen LogP contribution in [0.15, 0.2) is 30.9 Å². The highest BCUT2D eigenvalue weighted by molar-refractivity contribution is 7.10. The van der Waals surface area contributed by atoms with E-state index in [0.29, 0.717) is 12.1 Å². The van der Waals surface area contributed by atoms with Gasteiger partial charge in [-0.05, 0) is 50.7 Å². The fourth-order valence-electron chi connectivity index (χ4n) is 4.60. The molecule has 0 radical (unpaired) electrons. The van der Waals surface area contributed by atoms with Crippen molar-refractivity contribution in [3.8, 4) is 11.3 Å². The summed E-state index contributed by atoms with van der Waals surface area (Å²) in [6.07, 6.45) is 12.6. The van der Waals surface area contributed by atoms with Crippen LogP contribution in [0.5, 0.6) is 0 Å². The summed E-state index contributed by atoms with van der Waals surface area (Å²) in [5.74, 6) is 0.739. The molecule has 176 valence electrons. The molecule has 5 heterocycles. The molecule has 1 aliphatic heterocycles. The second-order valence-electron chi connectivity index (χ2n) is 8.40. The molecule has 0 amide bonds. The highest BCUT2D eigenvalue weighted by Crippen LogP contribution is 2.31. The van der Waals surface area contributed by atoms with Crippen molar-refractivity contribution >= 4 is 28.0 Å². The number of aromatic amines is 1. The lowest BCUT2D eigenvalue weighted by atomic mass is 10.1. The van der Waals surface area contributed by atoms with Crippen molar-refractivity contribution < 1.29 is 0 Å². The molecule has 33 heavy (non-hydrogen) atoms. The Labute approximate surface area is 199 Å². The van der Waals surface area contributed by atoms with Crippen LogP contribution < -0.4 is 5.32 Å². The zero-order valence-electron chi connectivity index (χ0n) is 20.2. The lowest BCUT2D eigenvalue weighted by Gasteiger charge is -2.27. The Hall–Kier alpha value is -2.78. The van der Waals surface area contributed by atoms with Crippen molar-refractivity contribution in [3.63, 3.8) is 0 Å². The van der Waals surface area contributed by atoms with E-state index in [-0.39, 0.29) is 0 Å². The van der Waals surface area contributed by atoms with Crippen molar-refractivity contribution in [2.45, 2.75) is 78.9 Å². The number of fused-ring (bicyclic) bond motifs is 1. The Kier molecular flexibility index (Phi) is 7.39. The van der Waals surface area contributed by atoms with Crippen LogP contribution >= 0.6 is 11.5 Å². The molecule has 4 aromatic heterocycles. The van der Waals surface area contributed by atoms with E-state index in [2.05, 4.69) is 49.7 Å². The summed E-state index contributed by atoms with van der Waals surface area (Å²) >= 11 is 1.48. The highest BCUT2D eigenvalue weighted by atomic mass is 32.1. The number of aryl methyl sites for hydroxylation is 1. The third kappa shape index (κ3) is 4.94. The van der Waals surface area contributed by atoms with E-state index in [4.69, 9.17) is 9.36 Å². The van der Waals surface area contributed by atoms with E-state index < -0.39 is 0 Å². The number of anilines is 2. The monoisotopic (exact) mass is 466 g/mol. The molecule has 9 heteroatoms. The SMILES string of the molecule is CC.CCCC1CCC(C)N1Cc1cc(Nc2nc(C)cn3c(-c4cn[nH]c4)cnc23)sn1. The van der Waals surface area contributed by atoms with Gasteiger partial charge in [0.1, 0.15) is 5.00 Å². The summed E-state index contributed by atoms with van der Waals surface area (Å²) in [6, 6.07) is 3.46. The number of hydrogen-bond donors (Lipinski definition) is 2. The van der Waals surface area contributed by atoms with Gasteiger partial charge < -0.3 is 5.32 Å². The fourth-order valence-corrected chi connectivity index (χ4v) is 5.26. The average Bonchev–Trinajstić information content (AvgIpc) is 3.60. The number of rotatable bonds is 7. The molecule has 0 aromatic carbocycles. The van der Waals surface area contributed by atoms with E-state index >= 15 is 0 Å². The molecule has 0 saturated carbocycles. The predicted molar refractivity (Wildman–Crippen MR) is 135 cm³/mol. The number of nitrogens with zero attached hydrogens (tertiary/aromatic N) is 6. The van der Waals surface area contributed by atoms with Gasteiger partial charge in [-0.15, -0.1) is 0 Å². The second-order valence-corrected chi connectivity index (χ2v) is 9.21. The van der Waals surface area contributed by atoms with E-state index in [1.807, 2.05) is 39.4 Å². The van der Waals surface area contributed by atoms with Crippen molar-refractivity contribution in [2.75, 3.05) is 5.32 Å². The first-order valence-corrected chi connectivity index (χ1v) is 12.7. The summed E-state index contributed by atoms with van der Waals surface area (Å²) in [6.45, 7) is 11.5. The molecule has 0 aliphatic carbocycles. The van der Waals surface area contributed by atoms with Crippen LogP contribution in [0, 0.1) is 6.92 Å². The lowest BCUT2D eigenvalue weighted by molar-refractivity contribution is 0.183. The van der Waals surface area contributed by atoms with Gasteiger partial charge in [0.25, 0.3) is 0 Å². The van der Waals surface area contributed by atoms with Crippen LogP contribution in [0.25, 0.3) is 16.9 Å². The van der Waals surface area contributed by atoms with Crippen molar-refractivity contribution in [2.24, 2.45) is 0 Å². The summed E-state index contributed by atoms with van der Waals surface area (Å²) in [5, 5.41) is 11.4.